The number of halogens is 1. The number of benzene rings is 1. The molecule has 0 aromatic heterocycles. The van der Waals surface area contributed by atoms with Gasteiger partial charge in [0.15, 0.2) is 11.4 Å². The minimum atomic E-state index is -2.72. The van der Waals surface area contributed by atoms with Crippen molar-refractivity contribution >= 4 is 23.2 Å². The van der Waals surface area contributed by atoms with E-state index in [-0.39, 0.29) is 41.6 Å². The fourth-order valence-electron chi connectivity index (χ4n) is 9.96. The molecule has 1 aromatic carbocycles. The molecule has 11 heteroatoms. The number of primary amides is 1. The lowest BCUT2D eigenvalue weighted by atomic mass is 9.54. The van der Waals surface area contributed by atoms with Crippen molar-refractivity contribution in [2.45, 2.75) is 69.2 Å². The lowest BCUT2D eigenvalue weighted by molar-refractivity contribution is -0.153. The fourth-order valence-corrected chi connectivity index (χ4v) is 9.96. The van der Waals surface area contributed by atoms with E-state index in [1.54, 1.807) is 0 Å². The lowest BCUT2D eigenvalue weighted by Crippen LogP contribution is -2.65. The second-order valence-corrected chi connectivity index (χ2v) is 14.0. The van der Waals surface area contributed by atoms with Gasteiger partial charge in [0.05, 0.1) is 11.6 Å². The normalized spacial score (nSPS) is 38.0. The quantitative estimate of drug-likeness (QED) is 0.278. The van der Waals surface area contributed by atoms with Crippen molar-refractivity contribution in [3.8, 4) is 5.75 Å². The van der Waals surface area contributed by atoms with Gasteiger partial charge in [-0.15, -0.1) is 0 Å². The molecule has 10 nitrogen and oxygen atoms in total. The summed E-state index contributed by atoms with van der Waals surface area (Å²) in [6.07, 6.45) is 6.00. The maximum atomic E-state index is 16.2. The number of nitrogens with one attached hydrogen (secondary N) is 1. The molecule has 5 saturated carbocycles. The number of rotatable bonds is 5. The second-order valence-electron chi connectivity index (χ2n) is 14.0. The highest BCUT2D eigenvalue weighted by Crippen LogP contribution is 2.55. The molecule has 230 valence electrons. The number of nitrogens with two attached hydrogens (primary N) is 1. The van der Waals surface area contributed by atoms with E-state index in [2.05, 4.69) is 5.32 Å². The molecule has 7 aliphatic rings. The van der Waals surface area contributed by atoms with Gasteiger partial charge in [-0.05, 0) is 94.7 Å². The predicted octanol–water partition coefficient (Wildman–Crippen LogP) is 2.02. The Morgan fingerprint density at radius 1 is 1.07 bits per heavy atom. The maximum absolute atomic E-state index is 16.2. The number of aliphatic hydroxyl groups excluding tert-OH is 2. The number of ketones is 2. The summed E-state index contributed by atoms with van der Waals surface area (Å²) in [5, 5.41) is 48.6. The highest BCUT2D eigenvalue weighted by molar-refractivity contribution is 6.24. The Labute approximate surface area is 248 Å². The molecule has 43 heavy (non-hydrogen) atoms. The van der Waals surface area contributed by atoms with Gasteiger partial charge < -0.3 is 31.5 Å². The van der Waals surface area contributed by atoms with Crippen LogP contribution in [0.15, 0.2) is 23.0 Å². The average Bonchev–Trinajstić information content (AvgIpc) is 2.92. The van der Waals surface area contributed by atoms with Crippen LogP contribution in [0.3, 0.4) is 0 Å². The van der Waals surface area contributed by atoms with Gasteiger partial charge in [-0.3, -0.25) is 19.3 Å². The first kappa shape index (κ1) is 28.5. The lowest BCUT2D eigenvalue weighted by Gasteiger charge is -2.54. The molecule has 5 fully saturated rings. The predicted molar refractivity (Wildman–Crippen MR) is 152 cm³/mol. The van der Waals surface area contributed by atoms with Gasteiger partial charge in [-0.1, -0.05) is 0 Å². The van der Waals surface area contributed by atoms with Crippen LogP contribution in [0.4, 0.5) is 4.39 Å². The van der Waals surface area contributed by atoms with Crippen LogP contribution in [-0.2, 0) is 27.3 Å². The van der Waals surface area contributed by atoms with Crippen LogP contribution in [0, 0.1) is 41.3 Å². The van der Waals surface area contributed by atoms with Crippen molar-refractivity contribution < 1.29 is 39.2 Å². The number of phenolic OH excluding ortho intramolecular Hbond substituents is 1. The third-order valence-corrected chi connectivity index (χ3v) is 11.5. The standard InChI is InChI=1S/C32H38FN3O7/c1-36(2)26-19-9-14-8-18-22(27(38)21(14)29(40)32(19,43)30(41)23(28(26)39)31(34)42)20(37)10-17(24(18)33)11-35-25-15-4-12-3-13(6-15)7-16(25)5-12/h10,12-16,19,25-26,35,37-38,41,43H,3-9,11H2,1-2H3,(H2,34,42)/t12?,13?,14-,15?,16?,19-,25?,26-,32-/m0/s1. The third-order valence-electron chi connectivity index (χ3n) is 11.5. The van der Waals surface area contributed by atoms with E-state index in [4.69, 9.17) is 5.73 Å². The Balaban J connectivity index is 1.25. The third kappa shape index (κ3) is 3.90. The van der Waals surface area contributed by atoms with Crippen molar-refractivity contribution in [3.05, 3.63) is 45.5 Å². The van der Waals surface area contributed by atoms with Crippen LogP contribution < -0.4 is 11.1 Å². The Morgan fingerprint density at radius 3 is 2.28 bits per heavy atom. The van der Waals surface area contributed by atoms with Crippen molar-refractivity contribution in [3.63, 3.8) is 0 Å². The molecule has 0 radical (unpaired) electrons. The summed E-state index contributed by atoms with van der Waals surface area (Å²) in [5.74, 6) is -5.30. The molecule has 7 N–H and O–H groups in total. The Kier molecular flexibility index (Phi) is 6.37. The largest absolute Gasteiger partial charge is 0.508 e. The first-order valence-electron chi connectivity index (χ1n) is 15.2. The first-order valence-corrected chi connectivity index (χ1v) is 15.2. The number of aliphatic hydroxyl groups is 3. The molecular formula is C32H38FN3O7. The molecule has 1 aromatic rings. The van der Waals surface area contributed by atoms with E-state index in [0.717, 1.165) is 11.8 Å². The second kappa shape index (κ2) is 9.61. The van der Waals surface area contributed by atoms with Crippen LogP contribution in [0.2, 0.25) is 0 Å². The molecule has 0 aliphatic heterocycles. The van der Waals surface area contributed by atoms with Gasteiger partial charge in [0.1, 0.15) is 28.7 Å². The first-order chi connectivity index (χ1) is 20.3. The van der Waals surface area contributed by atoms with Crippen LogP contribution in [-0.4, -0.2) is 74.6 Å². The summed E-state index contributed by atoms with van der Waals surface area (Å²) in [6, 6.07) is 0.382. The number of likely N-dealkylation sites (N-methyl/N-ethyl adjacent to an activating group) is 1. The number of fused-ring (bicyclic) bond motifs is 3. The van der Waals surface area contributed by atoms with Crippen molar-refractivity contribution in [2.75, 3.05) is 14.1 Å². The molecular weight excluding hydrogens is 557 g/mol. The highest BCUT2D eigenvalue weighted by Gasteiger charge is 2.64. The van der Waals surface area contributed by atoms with Crippen LogP contribution >= 0.6 is 0 Å². The van der Waals surface area contributed by atoms with E-state index in [9.17, 15) is 34.8 Å². The fraction of sp³-hybridized carbons (Fsp3) is 0.594. The van der Waals surface area contributed by atoms with Crippen LogP contribution in [0.25, 0.3) is 5.76 Å². The van der Waals surface area contributed by atoms with Crippen LogP contribution in [0.1, 0.15) is 55.2 Å². The molecule has 8 rings (SSSR count). The number of nitrogens with zero attached hydrogens (tertiary/aromatic N) is 1. The van der Waals surface area contributed by atoms with E-state index < -0.39 is 69.6 Å². The minimum Gasteiger partial charge on any atom is -0.508 e. The summed E-state index contributed by atoms with van der Waals surface area (Å²) >= 11 is 0. The topological polar surface area (TPSA) is 173 Å². The van der Waals surface area contributed by atoms with E-state index in [1.165, 1.54) is 57.2 Å². The Morgan fingerprint density at radius 2 is 1.70 bits per heavy atom. The van der Waals surface area contributed by atoms with E-state index in [0.29, 0.717) is 17.9 Å². The summed E-state index contributed by atoms with van der Waals surface area (Å²) in [4.78, 5) is 40.7. The number of phenols is 1. The summed E-state index contributed by atoms with van der Waals surface area (Å²) in [5.41, 5.74) is 1.58. The number of amides is 1. The number of carbonyl (C=O) groups excluding carboxylic acids is 3. The molecule has 4 bridgehead atoms. The molecule has 0 heterocycles. The minimum absolute atomic E-state index is 0.0625. The summed E-state index contributed by atoms with van der Waals surface area (Å²) < 4.78 is 16.2. The van der Waals surface area contributed by atoms with Gasteiger partial charge >= 0.3 is 0 Å². The number of aromatic hydroxyl groups is 1. The zero-order chi connectivity index (χ0) is 30.7. The molecule has 0 saturated heterocycles. The van der Waals surface area contributed by atoms with Crippen LogP contribution in [0.5, 0.6) is 5.75 Å². The SMILES string of the molecule is CN(C)[C@@H]1C(=O)C(C(N)=O)=C(O)[C@@]2(O)C(=O)C3=C(O)c4c(O)cc(CNC5C6CC7CC(C6)CC5C7)c(F)c4C[C@H]3C[C@@H]12. The Bertz CT molecular complexity index is 1500. The zero-order valence-corrected chi connectivity index (χ0v) is 24.3. The smallest absolute Gasteiger partial charge is 0.255 e. The van der Waals surface area contributed by atoms with E-state index >= 15 is 4.39 Å². The highest BCUT2D eigenvalue weighted by atomic mass is 19.1. The number of hydrogen-bond donors (Lipinski definition) is 6. The number of hydrogen-bond acceptors (Lipinski definition) is 9. The molecule has 0 spiro atoms. The van der Waals surface area contributed by atoms with Gasteiger partial charge in [0.2, 0.25) is 5.78 Å². The molecule has 4 atom stereocenters. The number of carbonyl (C=O) groups is 3. The van der Waals surface area contributed by atoms with Gasteiger partial charge in [0, 0.05) is 35.2 Å². The van der Waals surface area contributed by atoms with Crippen molar-refractivity contribution in [2.24, 2.45) is 41.2 Å². The maximum Gasteiger partial charge on any atom is 0.255 e. The summed E-state index contributed by atoms with van der Waals surface area (Å²) in [7, 11) is 3.07. The zero-order valence-electron chi connectivity index (χ0n) is 24.3. The van der Waals surface area contributed by atoms with Crippen molar-refractivity contribution in [1.82, 2.24) is 10.2 Å². The summed E-state index contributed by atoms with van der Waals surface area (Å²) in [6.45, 7) is 0.217. The number of Topliss-reactive ketones (excluding diaryl/α,β-unsaturated/α-hetero) is 2. The van der Waals surface area contributed by atoms with E-state index in [1.807, 2.05) is 0 Å². The Hall–Kier alpha value is -3.28. The molecule has 0 unspecified atom stereocenters. The molecule has 1 amide bonds. The monoisotopic (exact) mass is 595 g/mol. The molecule has 7 aliphatic carbocycles. The van der Waals surface area contributed by atoms with Gasteiger partial charge in [-0.2, -0.15) is 0 Å². The average molecular weight is 596 g/mol. The van der Waals surface area contributed by atoms with Gasteiger partial charge in [-0.25, -0.2) is 4.39 Å². The van der Waals surface area contributed by atoms with Crippen molar-refractivity contribution in [1.29, 1.82) is 0 Å². The van der Waals surface area contributed by atoms with Gasteiger partial charge in [0.25, 0.3) is 5.91 Å².